The molecule has 90 valence electrons. The molecular formula is C17H22. The van der Waals surface area contributed by atoms with Gasteiger partial charge >= 0.3 is 0 Å². The van der Waals surface area contributed by atoms with Crippen molar-refractivity contribution in [3.05, 3.63) is 53.1 Å². The Morgan fingerprint density at radius 3 is 2.47 bits per heavy atom. The summed E-state index contributed by atoms with van der Waals surface area (Å²) in [5.74, 6) is 0. The molecule has 0 N–H and O–H groups in total. The molecule has 0 bridgehead atoms. The Balaban J connectivity index is 2.72. The molecule has 0 nitrogen and oxygen atoms in total. The molecule has 0 spiro atoms. The van der Waals surface area contributed by atoms with Crippen LogP contribution in [0.15, 0.2) is 42.0 Å². The topological polar surface area (TPSA) is 0 Å². The summed E-state index contributed by atoms with van der Waals surface area (Å²) in [5.41, 5.74) is 6.09. The van der Waals surface area contributed by atoms with Crippen LogP contribution in [0.25, 0.3) is 5.57 Å². The van der Waals surface area contributed by atoms with Crippen molar-refractivity contribution in [1.82, 2.24) is 0 Å². The predicted molar refractivity (Wildman–Crippen MR) is 76.1 cm³/mol. The van der Waals surface area contributed by atoms with Gasteiger partial charge in [-0.3, -0.25) is 0 Å². The van der Waals surface area contributed by atoms with Gasteiger partial charge in [0.05, 0.1) is 0 Å². The highest BCUT2D eigenvalue weighted by molar-refractivity contribution is 5.89. The molecule has 1 aromatic rings. The van der Waals surface area contributed by atoms with Crippen molar-refractivity contribution >= 4 is 5.57 Å². The van der Waals surface area contributed by atoms with Crippen molar-refractivity contribution in [2.24, 2.45) is 0 Å². The molecule has 0 heteroatoms. The van der Waals surface area contributed by atoms with Crippen molar-refractivity contribution in [1.29, 1.82) is 0 Å². The Morgan fingerprint density at radius 1 is 1.18 bits per heavy atom. The zero-order chi connectivity index (χ0) is 12.5. The van der Waals surface area contributed by atoms with Crippen LogP contribution in [0, 0.1) is 0 Å². The molecule has 1 aromatic carbocycles. The van der Waals surface area contributed by atoms with E-state index >= 15 is 0 Å². The maximum Gasteiger partial charge on any atom is 0.0181 e. The SMILES string of the molecule is C/C=C1\C(=C/CC)c2ccccc2C1(C)CC. The van der Waals surface area contributed by atoms with Crippen LogP contribution in [0.4, 0.5) is 0 Å². The monoisotopic (exact) mass is 226 g/mol. The predicted octanol–water partition coefficient (Wildman–Crippen LogP) is 5.11. The number of benzene rings is 1. The second-order valence-corrected chi connectivity index (χ2v) is 4.96. The summed E-state index contributed by atoms with van der Waals surface area (Å²) in [5, 5.41) is 0. The fourth-order valence-electron chi connectivity index (χ4n) is 3.07. The quantitative estimate of drug-likeness (QED) is 0.657. The summed E-state index contributed by atoms with van der Waals surface area (Å²) in [4.78, 5) is 0. The lowest BCUT2D eigenvalue weighted by atomic mass is 9.77. The fourth-order valence-corrected chi connectivity index (χ4v) is 3.07. The molecule has 2 rings (SSSR count). The van der Waals surface area contributed by atoms with Crippen molar-refractivity contribution in [2.75, 3.05) is 0 Å². The van der Waals surface area contributed by atoms with Crippen LogP contribution in [-0.2, 0) is 5.41 Å². The third-order valence-corrected chi connectivity index (χ3v) is 4.10. The smallest absolute Gasteiger partial charge is 0.0181 e. The average molecular weight is 226 g/mol. The van der Waals surface area contributed by atoms with Gasteiger partial charge in [-0.05, 0) is 42.0 Å². The summed E-state index contributed by atoms with van der Waals surface area (Å²) in [6, 6.07) is 8.87. The molecule has 0 aliphatic heterocycles. The highest BCUT2D eigenvalue weighted by Crippen LogP contribution is 2.51. The standard InChI is InChI=1S/C17H22/c1-5-10-13-14-11-8-9-12-16(14)17(4,7-3)15(13)6-2/h6,8-12H,5,7H2,1-4H3/b13-10-,15-6+. The van der Waals surface area contributed by atoms with Crippen LogP contribution in [0.2, 0.25) is 0 Å². The van der Waals surface area contributed by atoms with Gasteiger partial charge in [-0.2, -0.15) is 0 Å². The number of hydrogen-bond acceptors (Lipinski definition) is 0. The van der Waals surface area contributed by atoms with Gasteiger partial charge in [-0.1, -0.05) is 57.2 Å². The third kappa shape index (κ3) is 1.67. The van der Waals surface area contributed by atoms with Crippen LogP contribution in [0.1, 0.15) is 51.7 Å². The van der Waals surface area contributed by atoms with Gasteiger partial charge in [0.1, 0.15) is 0 Å². The summed E-state index contributed by atoms with van der Waals surface area (Å²) >= 11 is 0. The first-order valence-electron chi connectivity index (χ1n) is 6.66. The largest absolute Gasteiger partial charge is 0.0829 e. The molecule has 0 aromatic heterocycles. The van der Waals surface area contributed by atoms with Crippen LogP contribution in [0.5, 0.6) is 0 Å². The Hall–Kier alpha value is -1.30. The van der Waals surface area contributed by atoms with Crippen LogP contribution < -0.4 is 0 Å². The normalized spacial score (nSPS) is 27.8. The van der Waals surface area contributed by atoms with E-state index in [9.17, 15) is 0 Å². The molecule has 0 radical (unpaired) electrons. The summed E-state index contributed by atoms with van der Waals surface area (Å²) in [7, 11) is 0. The molecule has 1 aliphatic carbocycles. The first-order chi connectivity index (χ1) is 8.19. The lowest BCUT2D eigenvalue weighted by Crippen LogP contribution is -2.19. The van der Waals surface area contributed by atoms with E-state index in [0.717, 1.165) is 12.8 Å². The zero-order valence-electron chi connectivity index (χ0n) is 11.4. The van der Waals surface area contributed by atoms with E-state index in [2.05, 4.69) is 64.1 Å². The van der Waals surface area contributed by atoms with Gasteiger partial charge in [0, 0.05) is 5.41 Å². The van der Waals surface area contributed by atoms with E-state index < -0.39 is 0 Å². The highest BCUT2D eigenvalue weighted by Gasteiger charge is 2.39. The Bertz CT molecular complexity index is 477. The van der Waals surface area contributed by atoms with E-state index in [1.54, 1.807) is 0 Å². The molecule has 1 atom stereocenters. The number of hydrogen-bond donors (Lipinski definition) is 0. The summed E-state index contributed by atoms with van der Waals surface area (Å²) < 4.78 is 0. The number of rotatable bonds is 2. The first kappa shape index (κ1) is 12.2. The first-order valence-corrected chi connectivity index (χ1v) is 6.66. The molecule has 0 amide bonds. The molecule has 0 fully saturated rings. The van der Waals surface area contributed by atoms with Gasteiger partial charge < -0.3 is 0 Å². The van der Waals surface area contributed by atoms with Gasteiger partial charge in [-0.25, -0.2) is 0 Å². The van der Waals surface area contributed by atoms with Crippen molar-refractivity contribution in [3.63, 3.8) is 0 Å². The van der Waals surface area contributed by atoms with E-state index in [4.69, 9.17) is 0 Å². The Kier molecular flexibility index (Phi) is 3.24. The highest BCUT2D eigenvalue weighted by atomic mass is 14.4. The minimum atomic E-state index is 0.201. The summed E-state index contributed by atoms with van der Waals surface area (Å²) in [6.45, 7) is 9.04. The van der Waals surface area contributed by atoms with Gasteiger partial charge in [0.2, 0.25) is 0 Å². The minimum absolute atomic E-state index is 0.201. The zero-order valence-corrected chi connectivity index (χ0v) is 11.4. The van der Waals surface area contributed by atoms with E-state index in [0.29, 0.717) is 0 Å². The van der Waals surface area contributed by atoms with Gasteiger partial charge in [-0.15, -0.1) is 0 Å². The Morgan fingerprint density at radius 2 is 1.88 bits per heavy atom. The van der Waals surface area contributed by atoms with E-state index in [-0.39, 0.29) is 5.41 Å². The van der Waals surface area contributed by atoms with Crippen molar-refractivity contribution in [2.45, 2.75) is 46.0 Å². The second kappa shape index (κ2) is 4.52. The molecule has 0 saturated heterocycles. The van der Waals surface area contributed by atoms with Gasteiger partial charge in [0.15, 0.2) is 0 Å². The van der Waals surface area contributed by atoms with Crippen molar-refractivity contribution < 1.29 is 0 Å². The third-order valence-electron chi connectivity index (χ3n) is 4.10. The average Bonchev–Trinajstić information content (AvgIpc) is 2.61. The second-order valence-electron chi connectivity index (χ2n) is 4.96. The molecule has 0 saturated carbocycles. The molecule has 17 heavy (non-hydrogen) atoms. The lowest BCUT2D eigenvalue weighted by molar-refractivity contribution is 0.564. The maximum atomic E-state index is 2.37. The summed E-state index contributed by atoms with van der Waals surface area (Å²) in [6.07, 6.45) is 6.92. The fraction of sp³-hybridized carbons (Fsp3) is 0.412. The molecule has 0 heterocycles. The van der Waals surface area contributed by atoms with Gasteiger partial charge in [0.25, 0.3) is 0 Å². The van der Waals surface area contributed by atoms with E-state index in [1.165, 1.54) is 22.3 Å². The van der Waals surface area contributed by atoms with Crippen LogP contribution in [0.3, 0.4) is 0 Å². The van der Waals surface area contributed by atoms with E-state index in [1.807, 2.05) is 0 Å². The maximum absolute atomic E-state index is 2.37. The minimum Gasteiger partial charge on any atom is -0.0829 e. The lowest BCUT2D eigenvalue weighted by Gasteiger charge is -2.26. The van der Waals surface area contributed by atoms with Crippen LogP contribution >= 0.6 is 0 Å². The molecule has 1 unspecified atom stereocenters. The van der Waals surface area contributed by atoms with Crippen molar-refractivity contribution in [3.8, 4) is 0 Å². The Labute approximate surface area is 105 Å². The molecule has 1 aliphatic rings. The molecular weight excluding hydrogens is 204 g/mol. The number of fused-ring (bicyclic) bond motifs is 1. The van der Waals surface area contributed by atoms with Crippen LogP contribution in [-0.4, -0.2) is 0 Å². The number of allylic oxidation sites excluding steroid dienone is 4.